The first kappa shape index (κ1) is 26.4. The third-order valence-electron chi connectivity index (χ3n) is 6.53. The number of rotatable bonds is 9. The molecule has 3 rings (SSSR count). The van der Waals surface area contributed by atoms with Crippen LogP contribution in [0, 0.1) is 5.41 Å². The van der Waals surface area contributed by atoms with Gasteiger partial charge in [-0.15, -0.1) is 0 Å². The van der Waals surface area contributed by atoms with Gasteiger partial charge in [0.1, 0.15) is 16.9 Å². The Hall–Kier alpha value is -3.16. The van der Waals surface area contributed by atoms with Gasteiger partial charge < -0.3 is 31.4 Å². The van der Waals surface area contributed by atoms with Gasteiger partial charge in [0.25, 0.3) is 0 Å². The predicted octanol–water partition coefficient (Wildman–Crippen LogP) is 1.19. The second kappa shape index (κ2) is 10.2. The lowest BCUT2D eigenvalue weighted by Gasteiger charge is -2.42. The highest BCUT2D eigenvalue weighted by Gasteiger charge is 2.54. The number of primary amides is 1. The Morgan fingerprint density at radius 2 is 2.09 bits per heavy atom. The molecule has 2 aliphatic rings. The van der Waals surface area contributed by atoms with Gasteiger partial charge in [-0.2, -0.15) is 23.3 Å². The number of nitrogens with two attached hydrogens (primary N) is 1. The van der Waals surface area contributed by atoms with Crippen LogP contribution in [0.15, 0.2) is 11.3 Å². The van der Waals surface area contributed by atoms with E-state index in [2.05, 4.69) is 31.1 Å². The van der Waals surface area contributed by atoms with Crippen LogP contribution < -0.4 is 21.8 Å². The van der Waals surface area contributed by atoms with Crippen LogP contribution in [0.5, 0.6) is 0 Å². The van der Waals surface area contributed by atoms with Gasteiger partial charge in [0, 0.05) is 25.8 Å². The monoisotopic (exact) mass is 500 g/mol. The summed E-state index contributed by atoms with van der Waals surface area (Å²) in [6.45, 7) is 6.84. The molecular formula is C21H31F3N8O3. The summed E-state index contributed by atoms with van der Waals surface area (Å²) in [5.41, 5.74) is 5.57. The number of hydrogen-bond acceptors (Lipinski definition) is 9. The summed E-state index contributed by atoms with van der Waals surface area (Å²) in [6.07, 6.45) is -3.31. The fourth-order valence-electron chi connectivity index (χ4n) is 4.08. The minimum absolute atomic E-state index is 0.0448. The molecule has 2 amide bonds. The lowest BCUT2D eigenvalue weighted by Crippen LogP contribution is -2.63. The number of hydrazone groups is 1. The zero-order chi connectivity index (χ0) is 25.9. The minimum atomic E-state index is -4.69. The van der Waals surface area contributed by atoms with Crippen molar-refractivity contribution < 1.29 is 27.5 Å². The summed E-state index contributed by atoms with van der Waals surface area (Å²) in [6, 6.07) is 0. The topological polar surface area (TPSA) is 147 Å². The zero-order valence-corrected chi connectivity index (χ0v) is 20.0. The fourth-order valence-corrected chi connectivity index (χ4v) is 4.08. The maximum atomic E-state index is 13.6. The standard InChI is InChI=1S/C21H31F3N8O3/c1-13-20(12-28-31-13,19(2,3)17(25)34)30-18-27-11-14(21(22,23)24)16(29-18)26-6-4-7-32-8-10-35-9-5-15(32)33/h11,28H,4-10,12H2,1-3H3,(H2,25,34)(H2,26,27,29,30). The SMILES string of the molecule is CC1=NNCC1(Nc1ncc(C(F)(F)F)c(NCCCN2CCOCCC2=O)n1)C(C)(C)C(N)=O. The van der Waals surface area contributed by atoms with Crippen LogP contribution in [0.3, 0.4) is 0 Å². The molecule has 1 fully saturated rings. The van der Waals surface area contributed by atoms with E-state index in [9.17, 15) is 22.8 Å². The Morgan fingerprint density at radius 1 is 1.34 bits per heavy atom. The van der Waals surface area contributed by atoms with Crippen molar-refractivity contribution >= 4 is 29.3 Å². The van der Waals surface area contributed by atoms with E-state index in [4.69, 9.17) is 10.5 Å². The van der Waals surface area contributed by atoms with E-state index in [1.807, 2.05) is 0 Å². The van der Waals surface area contributed by atoms with Gasteiger partial charge in [0.2, 0.25) is 17.8 Å². The lowest BCUT2D eigenvalue weighted by molar-refractivity contribution is -0.137. The molecule has 1 saturated heterocycles. The highest BCUT2D eigenvalue weighted by atomic mass is 19.4. The number of aromatic nitrogens is 2. The first-order chi connectivity index (χ1) is 16.4. The van der Waals surface area contributed by atoms with Gasteiger partial charge >= 0.3 is 6.18 Å². The molecule has 1 unspecified atom stereocenters. The molecule has 1 aromatic heterocycles. The Morgan fingerprint density at radius 3 is 2.71 bits per heavy atom. The molecule has 0 saturated carbocycles. The van der Waals surface area contributed by atoms with Gasteiger partial charge in [-0.25, -0.2) is 4.98 Å². The number of anilines is 2. The summed E-state index contributed by atoms with van der Waals surface area (Å²) in [7, 11) is 0. The minimum Gasteiger partial charge on any atom is -0.379 e. The maximum absolute atomic E-state index is 13.6. The molecule has 194 valence electrons. The van der Waals surface area contributed by atoms with E-state index < -0.39 is 34.4 Å². The molecule has 0 radical (unpaired) electrons. The largest absolute Gasteiger partial charge is 0.421 e. The van der Waals surface area contributed by atoms with E-state index in [1.54, 1.807) is 25.7 Å². The number of carbonyl (C=O) groups excluding carboxylic acids is 2. The van der Waals surface area contributed by atoms with Crippen LogP contribution in [0.25, 0.3) is 0 Å². The van der Waals surface area contributed by atoms with Gasteiger partial charge in [0.15, 0.2) is 0 Å². The summed E-state index contributed by atoms with van der Waals surface area (Å²) in [5.74, 6) is -1.19. The molecule has 0 aliphatic carbocycles. The second-order valence-corrected chi connectivity index (χ2v) is 9.03. The van der Waals surface area contributed by atoms with E-state index >= 15 is 0 Å². The highest BCUT2D eigenvalue weighted by molar-refractivity contribution is 6.01. The Bertz CT molecular complexity index is 985. The summed E-state index contributed by atoms with van der Waals surface area (Å²) in [5, 5.41) is 9.87. The summed E-state index contributed by atoms with van der Waals surface area (Å²) >= 11 is 0. The molecule has 14 heteroatoms. The third-order valence-corrected chi connectivity index (χ3v) is 6.53. The second-order valence-electron chi connectivity index (χ2n) is 9.03. The van der Waals surface area contributed by atoms with Crippen molar-refractivity contribution in [3.05, 3.63) is 11.8 Å². The average Bonchev–Trinajstić information content (AvgIpc) is 3.02. The molecule has 11 nitrogen and oxygen atoms in total. The van der Waals surface area contributed by atoms with Crippen molar-refractivity contribution in [2.75, 3.05) is 50.0 Å². The van der Waals surface area contributed by atoms with Crippen molar-refractivity contribution in [2.45, 2.75) is 45.3 Å². The van der Waals surface area contributed by atoms with Crippen LogP contribution in [-0.2, 0) is 20.5 Å². The maximum Gasteiger partial charge on any atom is 0.421 e. The van der Waals surface area contributed by atoms with Gasteiger partial charge in [0.05, 0.1) is 37.3 Å². The molecule has 0 aromatic carbocycles. The smallest absolute Gasteiger partial charge is 0.379 e. The molecular weight excluding hydrogens is 469 g/mol. The van der Waals surface area contributed by atoms with Crippen LogP contribution in [0.1, 0.15) is 39.2 Å². The number of ether oxygens (including phenoxy) is 1. The number of carbonyl (C=O) groups is 2. The van der Waals surface area contributed by atoms with E-state index in [-0.39, 0.29) is 31.4 Å². The van der Waals surface area contributed by atoms with E-state index in [0.717, 1.165) is 0 Å². The Balaban J connectivity index is 1.79. The Labute approximate surface area is 201 Å². The molecule has 35 heavy (non-hydrogen) atoms. The first-order valence-corrected chi connectivity index (χ1v) is 11.3. The van der Waals surface area contributed by atoms with Gasteiger partial charge in [-0.1, -0.05) is 0 Å². The van der Waals surface area contributed by atoms with Crippen LogP contribution in [-0.4, -0.2) is 77.3 Å². The number of amides is 2. The van der Waals surface area contributed by atoms with Crippen molar-refractivity contribution in [1.82, 2.24) is 20.3 Å². The van der Waals surface area contributed by atoms with Gasteiger partial charge in [-0.05, 0) is 27.2 Å². The molecule has 0 spiro atoms. The van der Waals surface area contributed by atoms with Crippen molar-refractivity contribution in [3.63, 3.8) is 0 Å². The van der Waals surface area contributed by atoms with Crippen LogP contribution in [0.2, 0.25) is 0 Å². The molecule has 2 aliphatic heterocycles. The molecule has 3 heterocycles. The Kier molecular flexibility index (Phi) is 7.72. The number of hydrogen-bond donors (Lipinski definition) is 4. The third kappa shape index (κ3) is 5.57. The van der Waals surface area contributed by atoms with Crippen LogP contribution >= 0.6 is 0 Å². The molecule has 1 aromatic rings. The number of nitrogens with one attached hydrogen (secondary N) is 3. The van der Waals surface area contributed by atoms with Crippen molar-refractivity contribution in [1.29, 1.82) is 0 Å². The summed E-state index contributed by atoms with van der Waals surface area (Å²) in [4.78, 5) is 33.8. The number of alkyl halides is 3. The zero-order valence-electron chi connectivity index (χ0n) is 20.0. The normalized spacial score (nSPS) is 21.3. The molecule has 5 N–H and O–H groups in total. The predicted molar refractivity (Wildman–Crippen MR) is 123 cm³/mol. The highest BCUT2D eigenvalue weighted by Crippen LogP contribution is 2.38. The van der Waals surface area contributed by atoms with Crippen molar-refractivity contribution in [2.24, 2.45) is 16.3 Å². The number of halogens is 3. The fraction of sp³-hybridized carbons (Fsp3) is 0.667. The van der Waals surface area contributed by atoms with E-state index in [1.165, 1.54) is 0 Å². The van der Waals surface area contributed by atoms with Crippen LogP contribution in [0.4, 0.5) is 24.9 Å². The molecule has 0 bridgehead atoms. The molecule has 1 atom stereocenters. The quantitative estimate of drug-likeness (QED) is 0.370. The van der Waals surface area contributed by atoms with Crippen molar-refractivity contribution in [3.8, 4) is 0 Å². The lowest BCUT2D eigenvalue weighted by atomic mass is 9.69. The summed E-state index contributed by atoms with van der Waals surface area (Å²) < 4.78 is 46.1. The number of nitrogens with zero attached hydrogens (tertiary/aromatic N) is 4. The van der Waals surface area contributed by atoms with E-state index in [0.29, 0.717) is 44.6 Å². The average molecular weight is 501 g/mol. The van der Waals surface area contributed by atoms with Gasteiger partial charge in [-0.3, -0.25) is 9.59 Å². The first-order valence-electron chi connectivity index (χ1n) is 11.3.